The average Bonchev–Trinajstić information content (AvgIpc) is 3.01. The Morgan fingerprint density at radius 1 is 1.12 bits per heavy atom. The Morgan fingerprint density at radius 3 is 2.50 bits per heavy atom. The quantitative estimate of drug-likeness (QED) is 0.808. The number of likely N-dealkylation sites (tertiary alicyclic amines) is 1. The highest BCUT2D eigenvalue weighted by Gasteiger charge is 2.22. The molecule has 0 aliphatic carbocycles. The first-order valence-corrected chi connectivity index (χ1v) is 9.36. The van der Waals surface area contributed by atoms with Gasteiger partial charge in [-0.3, -0.25) is 4.90 Å². The van der Waals surface area contributed by atoms with E-state index in [1.165, 1.54) is 19.5 Å². The molecular formula is C19H26N2O2S. The second-order valence-corrected chi connectivity index (χ2v) is 7.71. The van der Waals surface area contributed by atoms with E-state index in [4.69, 9.17) is 14.5 Å². The molecule has 0 saturated carbocycles. The topological polar surface area (TPSA) is 34.6 Å². The number of piperidine rings is 1. The van der Waals surface area contributed by atoms with E-state index in [-0.39, 0.29) is 0 Å². The first kappa shape index (κ1) is 17.2. The first-order chi connectivity index (χ1) is 11.6. The molecule has 24 heavy (non-hydrogen) atoms. The van der Waals surface area contributed by atoms with Crippen molar-refractivity contribution in [1.82, 2.24) is 9.88 Å². The standard InChI is InChI=1S/C19H26N2O2S/c1-13-7-14(2)10-21(9-13)11-16-12-24-19(20-16)15-5-6-17(22-3)18(8-15)23-4/h5-6,8,12-14H,7,9-11H2,1-4H3/t13-,14-/m1/s1. The minimum absolute atomic E-state index is 0.741. The fourth-order valence-corrected chi connectivity index (χ4v) is 4.44. The number of benzene rings is 1. The molecule has 4 nitrogen and oxygen atoms in total. The maximum Gasteiger partial charge on any atom is 0.161 e. The summed E-state index contributed by atoms with van der Waals surface area (Å²) in [6.45, 7) is 7.98. The minimum atomic E-state index is 0.741. The van der Waals surface area contributed by atoms with Crippen molar-refractivity contribution in [3.05, 3.63) is 29.3 Å². The Kier molecular flexibility index (Phi) is 5.41. The van der Waals surface area contributed by atoms with E-state index in [0.29, 0.717) is 0 Å². The summed E-state index contributed by atoms with van der Waals surface area (Å²) in [5, 5.41) is 3.21. The van der Waals surface area contributed by atoms with Crippen LogP contribution in [-0.2, 0) is 6.54 Å². The lowest BCUT2D eigenvalue weighted by Crippen LogP contribution is -2.38. The number of nitrogens with zero attached hydrogens (tertiary/aromatic N) is 2. The zero-order valence-electron chi connectivity index (χ0n) is 14.9. The summed E-state index contributed by atoms with van der Waals surface area (Å²) in [5.41, 5.74) is 2.23. The van der Waals surface area contributed by atoms with Crippen LogP contribution < -0.4 is 9.47 Å². The van der Waals surface area contributed by atoms with Crippen molar-refractivity contribution in [2.24, 2.45) is 11.8 Å². The lowest BCUT2D eigenvalue weighted by atomic mass is 9.92. The van der Waals surface area contributed by atoms with Gasteiger partial charge in [-0.2, -0.15) is 0 Å². The highest BCUT2D eigenvalue weighted by atomic mass is 32.1. The van der Waals surface area contributed by atoms with Crippen LogP contribution in [0.2, 0.25) is 0 Å². The van der Waals surface area contributed by atoms with Gasteiger partial charge in [0.2, 0.25) is 0 Å². The number of hydrogen-bond acceptors (Lipinski definition) is 5. The molecule has 2 atom stereocenters. The van der Waals surface area contributed by atoms with E-state index < -0.39 is 0 Å². The Morgan fingerprint density at radius 2 is 1.83 bits per heavy atom. The van der Waals surface area contributed by atoms with Crippen LogP contribution in [0.5, 0.6) is 11.5 Å². The maximum absolute atomic E-state index is 5.39. The van der Waals surface area contributed by atoms with Gasteiger partial charge < -0.3 is 9.47 Å². The third kappa shape index (κ3) is 3.90. The predicted octanol–water partition coefficient (Wildman–Crippen LogP) is 4.31. The van der Waals surface area contributed by atoms with Crippen LogP contribution in [-0.4, -0.2) is 37.2 Å². The van der Waals surface area contributed by atoms with Gasteiger partial charge in [0.05, 0.1) is 19.9 Å². The van der Waals surface area contributed by atoms with Crippen LogP contribution in [0.4, 0.5) is 0 Å². The summed E-state index contributed by atoms with van der Waals surface area (Å²) in [7, 11) is 3.31. The zero-order chi connectivity index (χ0) is 17.1. The van der Waals surface area contributed by atoms with Crippen LogP contribution in [0.25, 0.3) is 10.6 Å². The summed E-state index contributed by atoms with van der Waals surface area (Å²) >= 11 is 1.69. The molecule has 1 aromatic heterocycles. The van der Waals surface area contributed by atoms with Gasteiger partial charge in [-0.05, 0) is 36.5 Å². The molecule has 0 radical (unpaired) electrons. The van der Waals surface area contributed by atoms with E-state index in [1.807, 2.05) is 18.2 Å². The molecule has 0 spiro atoms. The third-order valence-corrected chi connectivity index (χ3v) is 5.45. The van der Waals surface area contributed by atoms with Crippen molar-refractivity contribution in [2.75, 3.05) is 27.3 Å². The third-order valence-electron chi connectivity index (χ3n) is 4.51. The van der Waals surface area contributed by atoms with Crippen LogP contribution in [0.15, 0.2) is 23.6 Å². The minimum Gasteiger partial charge on any atom is -0.493 e. The van der Waals surface area contributed by atoms with Gasteiger partial charge in [-0.15, -0.1) is 11.3 Å². The van der Waals surface area contributed by atoms with Crippen molar-refractivity contribution in [1.29, 1.82) is 0 Å². The molecule has 0 bridgehead atoms. The van der Waals surface area contributed by atoms with Crippen LogP contribution in [0.3, 0.4) is 0 Å². The fourth-order valence-electron chi connectivity index (χ4n) is 3.63. The normalized spacial score (nSPS) is 21.7. The number of rotatable bonds is 5. The second kappa shape index (κ2) is 7.53. The Bertz CT molecular complexity index is 676. The highest BCUT2D eigenvalue weighted by molar-refractivity contribution is 7.13. The molecule has 2 aromatic rings. The predicted molar refractivity (Wildman–Crippen MR) is 98.9 cm³/mol. The van der Waals surface area contributed by atoms with Gasteiger partial charge in [-0.25, -0.2) is 4.98 Å². The number of thiazole rings is 1. The van der Waals surface area contributed by atoms with Gasteiger partial charge in [0, 0.05) is 30.6 Å². The molecule has 5 heteroatoms. The molecule has 0 N–H and O–H groups in total. The number of methoxy groups -OCH3 is 2. The number of hydrogen-bond donors (Lipinski definition) is 0. The Balaban J connectivity index is 1.73. The lowest BCUT2D eigenvalue weighted by molar-refractivity contribution is 0.133. The van der Waals surface area contributed by atoms with Crippen molar-refractivity contribution in [3.8, 4) is 22.1 Å². The van der Waals surface area contributed by atoms with Crippen molar-refractivity contribution in [2.45, 2.75) is 26.8 Å². The molecule has 3 rings (SSSR count). The number of ether oxygens (including phenoxy) is 2. The summed E-state index contributed by atoms with van der Waals surface area (Å²) in [5.74, 6) is 3.04. The monoisotopic (exact) mass is 346 g/mol. The molecule has 0 amide bonds. The Labute approximate surface area is 148 Å². The summed E-state index contributed by atoms with van der Waals surface area (Å²) in [4.78, 5) is 7.37. The fraction of sp³-hybridized carbons (Fsp3) is 0.526. The molecule has 1 aliphatic heterocycles. The average molecular weight is 346 g/mol. The maximum atomic E-state index is 5.39. The molecular weight excluding hydrogens is 320 g/mol. The molecule has 0 unspecified atom stereocenters. The largest absolute Gasteiger partial charge is 0.493 e. The van der Waals surface area contributed by atoms with E-state index in [9.17, 15) is 0 Å². The molecule has 2 heterocycles. The summed E-state index contributed by atoms with van der Waals surface area (Å²) in [6, 6.07) is 5.96. The van der Waals surface area contributed by atoms with E-state index in [1.54, 1.807) is 25.6 Å². The molecule has 1 saturated heterocycles. The zero-order valence-corrected chi connectivity index (χ0v) is 15.7. The smallest absolute Gasteiger partial charge is 0.161 e. The van der Waals surface area contributed by atoms with E-state index >= 15 is 0 Å². The summed E-state index contributed by atoms with van der Waals surface area (Å²) in [6.07, 6.45) is 1.34. The second-order valence-electron chi connectivity index (χ2n) is 6.85. The van der Waals surface area contributed by atoms with Crippen molar-refractivity contribution in [3.63, 3.8) is 0 Å². The van der Waals surface area contributed by atoms with Gasteiger partial charge in [0.15, 0.2) is 11.5 Å². The molecule has 1 aliphatic rings. The Hall–Kier alpha value is -1.59. The van der Waals surface area contributed by atoms with Gasteiger partial charge in [0.1, 0.15) is 5.01 Å². The molecule has 1 aromatic carbocycles. The van der Waals surface area contributed by atoms with Crippen molar-refractivity contribution >= 4 is 11.3 Å². The van der Waals surface area contributed by atoms with Crippen LogP contribution in [0, 0.1) is 11.8 Å². The lowest BCUT2D eigenvalue weighted by Gasteiger charge is -2.34. The molecule has 1 fully saturated rings. The first-order valence-electron chi connectivity index (χ1n) is 8.48. The van der Waals surface area contributed by atoms with Crippen molar-refractivity contribution < 1.29 is 9.47 Å². The van der Waals surface area contributed by atoms with E-state index in [0.717, 1.165) is 46.1 Å². The van der Waals surface area contributed by atoms with Gasteiger partial charge in [0.25, 0.3) is 0 Å². The highest BCUT2D eigenvalue weighted by Crippen LogP contribution is 2.34. The SMILES string of the molecule is COc1ccc(-c2nc(CN3C[C@H](C)C[C@@H](C)C3)cs2)cc1OC. The summed E-state index contributed by atoms with van der Waals surface area (Å²) < 4.78 is 10.7. The van der Waals surface area contributed by atoms with Crippen LogP contribution >= 0.6 is 11.3 Å². The number of aromatic nitrogens is 1. The molecule has 130 valence electrons. The van der Waals surface area contributed by atoms with Gasteiger partial charge >= 0.3 is 0 Å². The van der Waals surface area contributed by atoms with Gasteiger partial charge in [-0.1, -0.05) is 13.8 Å². The van der Waals surface area contributed by atoms with Crippen LogP contribution in [0.1, 0.15) is 26.0 Å². The van der Waals surface area contributed by atoms with E-state index in [2.05, 4.69) is 24.1 Å².